The molecule has 0 radical (unpaired) electrons. The van der Waals surface area contributed by atoms with Gasteiger partial charge in [-0.2, -0.15) is 0 Å². The summed E-state index contributed by atoms with van der Waals surface area (Å²) < 4.78 is 0. The third-order valence-corrected chi connectivity index (χ3v) is 0. The van der Waals surface area contributed by atoms with Crippen molar-refractivity contribution in [1.29, 1.82) is 0 Å². The molecule has 0 atom stereocenters. The van der Waals surface area contributed by atoms with Crippen molar-refractivity contribution in [1.82, 2.24) is 0 Å². The average molecular weight is 308 g/mol. The SMILES string of the molecule is O.O.O.O.[Fe].[Fe].[Ni].[Zn]. The molecule has 60 valence electrons. The van der Waals surface area contributed by atoms with Crippen molar-refractivity contribution in [3.8, 4) is 0 Å². The summed E-state index contributed by atoms with van der Waals surface area (Å²) in [6, 6.07) is 0. The Morgan fingerprint density at radius 1 is 0.500 bits per heavy atom. The van der Waals surface area contributed by atoms with Crippen LogP contribution in [0.3, 0.4) is 0 Å². The van der Waals surface area contributed by atoms with Crippen molar-refractivity contribution in [3.05, 3.63) is 0 Å². The van der Waals surface area contributed by atoms with E-state index in [1.54, 1.807) is 0 Å². The molecule has 0 heterocycles. The van der Waals surface area contributed by atoms with Gasteiger partial charge >= 0.3 is 0 Å². The molecule has 0 saturated carbocycles. The summed E-state index contributed by atoms with van der Waals surface area (Å²) in [6.45, 7) is 0. The molecule has 0 spiro atoms. The van der Waals surface area contributed by atoms with Gasteiger partial charge in [0.15, 0.2) is 0 Å². The van der Waals surface area contributed by atoms with Gasteiger partial charge in [-0.25, -0.2) is 0 Å². The van der Waals surface area contributed by atoms with Crippen molar-refractivity contribution in [3.63, 3.8) is 0 Å². The van der Waals surface area contributed by atoms with Gasteiger partial charge in [-0.1, -0.05) is 0 Å². The topological polar surface area (TPSA) is 126 Å². The Bertz CT molecular complexity index is 14.0. The first-order valence-electron chi connectivity index (χ1n) is 0. The van der Waals surface area contributed by atoms with Gasteiger partial charge in [0, 0.05) is 70.1 Å². The predicted octanol–water partition coefficient (Wildman–Crippen LogP) is -3.31. The van der Waals surface area contributed by atoms with Crippen molar-refractivity contribution in [2.45, 2.75) is 0 Å². The normalized spacial score (nSPS) is 0. The molecular weight excluding hydrogens is 300 g/mol. The van der Waals surface area contributed by atoms with Crippen LogP contribution < -0.4 is 0 Å². The van der Waals surface area contributed by atoms with E-state index >= 15 is 0 Å². The molecule has 0 aliphatic heterocycles. The molecule has 0 aromatic heterocycles. The van der Waals surface area contributed by atoms with Gasteiger partial charge in [0.2, 0.25) is 0 Å². The van der Waals surface area contributed by atoms with E-state index in [4.69, 9.17) is 0 Å². The predicted molar refractivity (Wildman–Crippen MR) is 14.5 cm³/mol. The fraction of sp³-hybridized carbons (Fsp3) is 0. The van der Waals surface area contributed by atoms with Gasteiger partial charge in [0.1, 0.15) is 0 Å². The average Bonchev–Trinajstić information content (AvgIpc) is 0. The first kappa shape index (κ1) is 203. The molecule has 0 amide bonds. The van der Waals surface area contributed by atoms with Crippen LogP contribution in [0.15, 0.2) is 0 Å². The molecule has 0 rings (SSSR count). The Morgan fingerprint density at radius 3 is 0.500 bits per heavy atom. The Hall–Kier alpha value is 2.00. The Morgan fingerprint density at radius 2 is 0.500 bits per heavy atom. The van der Waals surface area contributed by atoms with Gasteiger partial charge in [-0.3, -0.25) is 0 Å². The smallest absolute Gasteiger partial charge is 0 e. The molecule has 0 aliphatic carbocycles. The maximum Gasteiger partial charge on any atom is 0 e. The van der Waals surface area contributed by atoms with Gasteiger partial charge in [-0.15, -0.1) is 0 Å². The first-order chi connectivity index (χ1) is 0. The van der Waals surface area contributed by atoms with Crippen LogP contribution in [-0.2, 0) is 70.1 Å². The van der Waals surface area contributed by atoms with Crippen molar-refractivity contribution >= 4 is 0 Å². The fourth-order valence-electron chi connectivity index (χ4n) is 0. The molecule has 0 bridgehead atoms. The Kier molecular flexibility index (Phi) is 3670. The minimum atomic E-state index is 0. The molecule has 8 N–H and O–H groups in total. The first-order valence-corrected chi connectivity index (χ1v) is 0. The van der Waals surface area contributed by atoms with E-state index < -0.39 is 0 Å². The van der Waals surface area contributed by atoms with Crippen LogP contribution in [0, 0.1) is 0 Å². The summed E-state index contributed by atoms with van der Waals surface area (Å²) in [4.78, 5) is 0. The van der Waals surface area contributed by atoms with Crippen LogP contribution in [0.5, 0.6) is 0 Å². The largest absolute Gasteiger partial charge is 0.412 e. The molecule has 8 heteroatoms. The second-order valence-electron chi connectivity index (χ2n) is 0. The second kappa shape index (κ2) is 144. The summed E-state index contributed by atoms with van der Waals surface area (Å²) in [6.07, 6.45) is 0. The monoisotopic (exact) mass is 306 g/mol. The zero-order valence-corrected chi connectivity index (χ0v) is 9.89. The van der Waals surface area contributed by atoms with Crippen LogP contribution in [0.1, 0.15) is 0 Å². The van der Waals surface area contributed by atoms with Gasteiger partial charge < -0.3 is 21.9 Å². The van der Waals surface area contributed by atoms with Crippen LogP contribution in [0.25, 0.3) is 0 Å². The van der Waals surface area contributed by atoms with E-state index in [-0.39, 0.29) is 92.0 Å². The van der Waals surface area contributed by atoms with E-state index in [0.717, 1.165) is 0 Å². The van der Waals surface area contributed by atoms with E-state index in [9.17, 15) is 0 Å². The number of hydrogen-bond donors (Lipinski definition) is 0. The third-order valence-electron chi connectivity index (χ3n) is 0. The van der Waals surface area contributed by atoms with Gasteiger partial charge in [0.05, 0.1) is 0 Å². The van der Waals surface area contributed by atoms with Crippen molar-refractivity contribution < 1.29 is 92.0 Å². The molecule has 8 heavy (non-hydrogen) atoms. The summed E-state index contributed by atoms with van der Waals surface area (Å²) in [7, 11) is 0. The summed E-state index contributed by atoms with van der Waals surface area (Å²) >= 11 is 0. The molecule has 0 aromatic carbocycles. The zero-order chi connectivity index (χ0) is 0. The minimum Gasteiger partial charge on any atom is -0.412 e. The molecule has 0 unspecified atom stereocenters. The second-order valence-corrected chi connectivity index (χ2v) is 0. The quantitative estimate of drug-likeness (QED) is 0.416. The van der Waals surface area contributed by atoms with E-state index in [1.807, 2.05) is 0 Å². The molecule has 0 fully saturated rings. The summed E-state index contributed by atoms with van der Waals surface area (Å²) in [5, 5.41) is 0. The van der Waals surface area contributed by atoms with Gasteiger partial charge in [0.25, 0.3) is 0 Å². The van der Waals surface area contributed by atoms with Gasteiger partial charge in [-0.05, 0) is 0 Å². The molecule has 0 aliphatic rings. The Balaban J connectivity index is 0. The van der Waals surface area contributed by atoms with Crippen LogP contribution >= 0.6 is 0 Å². The van der Waals surface area contributed by atoms with E-state index in [1.165, 1.54) is 0 Å². The number of rotatable bonds is 0. The standard InChI is InChI=1S/2Fe.Ni.4H2O.Zn/h;;;4*1H2;. The fourth-order valence-corrected chi connectivity index (χ4v) is 0. The maximum atomic E-state index is 0. The van der Waals surface area contributed by atoms with Crippen LogP contribution in [0.4, 0.5) is 0 Å². The van der Waals surface area contributed by atoms with E-state index in [2.05, 4.69) is 0 Å². The summed E-state index contributed by atoms with van der Waals surface area (Å²) in [5.41, 5.74) is 0. The third kappa shape index (κ3) is 98.2. The minimum absolute atomic E-state index is 0. The summed E-state index contributed by atoms with van der Waals surface area (Å²) in [5.74, 6) is 0. The van der Waals surface area contributed by atoms with Crippen molar-refractivity contribution in [2.75, 3.05) is 0 Å². The molecular formula is H8Fe2NiO4Zn. The maximum absolute atomic E-state index is 0. The van der Waals surface area contributed by atoms with Crippen LogP contribution in [0.2, 0.25) is 0 Å². The molecule has 0 aromatic rings. The van der Waals surface area contributed by atoms with E-state index in [0.29, 0.717) is 0 Å². The van der Waals surface area contributed by atoms with Crippen LogP contribution in [-0.4, -0.2) is 21.9 Å². The molecule has 0 saturated heterocycles. The van der Waals surface area contributed by atoms with Crippen molar-refractivity contribution in [2.24, 2.45) is 0 Å². The Labute approximate surface area is 91.4 Å². The molecule has 4 nitrogen and oxygen atoms in total. The number of hydrogen-bond acceptors (Lipinski definition) is 0. The zero-order valence-electron chi connectivity index (χ0n) is 3.73.